The second-order valence-corrected chi connectivity index (χ2v) is 9.71. The summed E-state index contributed by atoms with van der Waals surface area (Å²) in [5.74, 6) is -1.45. The molecule has 192 valence electrons. The summed E-state index contributed by atoms with van der Waals surface area (Å²) in [5, 5.41) is 0.865. The van der Waals surface area contributed by atoms with Gasteiger partial charge in [-0.1, -0.05) is 38.5 Å². The molecule has 2 heterocycles. The SMILES string of the molecule is NCCCCCCCN1C(=O)c2ccc3c4c(ccc(c24)C1=O)C(=O)N(CCCCCCCN)C3=O. The lowest BCUT2D eigenvalue weighted by Gasteiger charge is -2.32. The van der Waals surface area contributed by atoms with Crippen LogP contribution in [0.25, 0.3) is 10.8 Å². The first kappa shape index (κ1) is 26.0. The summed E-state index contributed by atoms with van der Waals surface area (Å²) in [6, 6.07) is 6.53. The minimum atomic E-state index is -0.363. The van der Waals surface area contributed by atoms with E-state index in [0.29, 0.717) is 59.2 Å². The Labute approximate surface area is 212 Å². The molecule has 8 nitrogen and oxygen atoms in total. The first-order chi connectivity index (χ1) is 17.5. The molecule has 36 heavy (non-hydrogen) atoms. The number of unbranched alkanes of at least 4 members (excludes halogenated alkanes) is 8. The molecule has 2 aliphatic rings. The predicted molar refractivity (Wildman–Crippen MR) is 139 cm³/mol. The smallest absolute Gasteiger partial charge is 0.261 e. The molecule has 0 saturated heterocycles. The fraction of sp³-hybridized carbons (Fsp3) is 0.500. The summed E-state index contributed by atoms with van der Waals surface area (Å²) < 4.78 is 0. The first-order valence-electron chi connectivity index (χ1n) is 13.2. The van der Waals surface area contributed by atoms with E-state index in [0.717, 1.165) is 64.2 Å². The van der Waals surface area contributed by atoms with Crippen molar-refractivity contribution in [2.75, 3.05) is 26.2 Å². The summed E-state index contributed by atoms with van der Waals surface area (Å²) in [5.41, 5.74) is 12.6. The van der Waals surface area contributed by atoms with Gasteiger partial charge in [0, 0.05) is 46.1 Å². The summed E-state index contributed by atoms with van der Waals surface area (Å²) >= 11 is 0. The number of benzene rings is 2. The minimum absolute atomic E-state index is 0.349. The average Bonchev–Trinajstić information content (AvgIpc) is 2.88. The van der Waals surface area contributed by atoms with Crippen molar-refractivity contribution in [2.45, 2.75) is 64.2 Å². The third-order valence-corrected chi connectivity index (χ3v) is 7.23. The number of amides is 4. The molecule has 4 rings (SSSR count). The number of carbonyl (C=O) groups excluding carboxylic acids is 4. The van der Waals surface area contributed by atoms with E-state index in [1.165, 1.54) is 9.80 Å². The molecule has 0 radical (unpaired) electrons. The molecular weight excluding hydrogens is 456 g/mol. The monoisotopic (exact) mass is 492 g/mol. The van der Waals surface area contributed by atoms with Gasteiger partial charge < -0.3 is 11.5 Å². The van der Waals surface area contributed by atoms with Gasteiger partial charge in [0.25, 0.3) is 23.6 Å². The fourth-order valence-corrected chi connectivity index (χ4v) is 5.27. The molecule has 0 bridgehead atoms. The Balaban J connectivity index is 1.54. The first-order valence-corrected chi connectivity index (χ1v) is 13.2. The molecule has 2 aliphatic heterocycles. The largest absolute Gasteiger partial charge is 0.330 e. The average molecular weight is 493 g/mol. The zero-order chi connectivity index (χ0) is 25.7. The highest BCUT2D eigenvalue weighted by atomic mass is 16.2. The Morgan fingerprint density at radius 1 is 0.444 bits per heavy atom. The van der Waals surface area contributed by atoms with Crippen LogP contribution in [0.2, 0.25) is 0 Å². The van der Waals surface area contributed by atoms with Crippen LogP contribution in [0.5, 0.6) is 0 Å². The summed E-state index contributed by atoms with van der Waals surface area (Å²) in [6.45, 7) is 2.04. The normalized spacial score (nSPS) is 14.9. The van der Waals surface area contributed by atoms with Gasteiger partial charge in [-0.05, 0) is 63.0 Å². The number of carbonyl (C=O) groups is 4. The summed E-state index contributed by atoms with van der Waals surface area (Å²) in [4.78, 5) is 55.7. The maximum atomic E-state index is 13.3. The topological polar surface area (TPSA) is 127 Å². The molecule has 2 aromatic rings. The van der Waals surface area contributed by atoms with Gasteiger partial charge in [-0.25, -0.2) is 0 Å². The summed E-state index contributed by atoms with van der Waals surface area (Å²) in [6.07, 6.45) is 9.37. The molecule has 4 amide bonds. The van der Waals surface area contributed by atoms with E-state index in [1.54, 1.807) is 24.3 Å². The van der Waals surface area contributed by atoms with Gasteiger partial charge in [0.05, 0.1) is 0 Å². The van der Waals surface area contributed by atoms with Crippen molar-refractivity contribution in [2.24, 2.45) is 11.5 Å². The third-order valence-electron chi connectivity index (χ3n) is 7.23. The summed E-state index contributed by atoms with van der Waals surface area (Å²) in [7, 11) is 0. The quantitative estimate of drug-likeness (QED) is 0.305. The van der Waals surface area contributed by atoms with Crippen LogP contribution >= 0.6 is 0 Å². The van der Waals surface area contributed by atoms with Gasteiger partial charge in [0.2, 0.25) is 0 Å². The molecule has 0 atom stereocenters. The molecule has 8 heteroatoms. The molecule has 4 N–H and O–H groups in total. The van der Waals surface area contributed by atoms with Crippen molar-refractivity contribution < 1.29 is 19.2 Å². The van der Waals surface area contributed by atoms with Gasteiger partial charge in [-0.3, -0.25) is 29.0 Å². The highest BCUT2D eigenvalue weighted by molar-refractivity contribution is 6.33. The van der Waals surface area contributed by atoms with Crippen LogP contribution in [0.4, 0.5) is 0 Å². The van der Waals surface area contributed by atoms with Gasteiger partial charge in [0.15, 0.2) is 0 Å². The van der Waals surface area contributed by atoms with Crippen LogP contribution in [0, 0.1) is 0 Å². The lowest BCUT2D eigenvalue weighted by atomic mass is 9.86. The van der Waals surface area contributed by atoms with Crippen LogP contribution in [0.15, 0.2) is 24.3 Å². The molecule has 2 aromatic carbocycles. The van der Waals surface area contributed by atoms with Crippen molar-refractivity contribution in [1.82, 2.24) is 9.80 Å². The number of nitrogens with zero attached hydrogens (tertiary/aromatic N) is 2. The van der Waals surface area contributed by atoms with E-state index < -0.39 is 0 Å². The second kappa shape index (κ2) is 11.8. The van der Waals surface area contributed by atoms with Crippen LogP contribution in [0.1, 0.15) is 106 Å². The number of hydrogen-bond donors (Lipinski definition) is 2. The number of nitrogens with two attached hydrogens (primary N) is 2. The van der Waals surface area contributed by atoms with Gasteiger partial charge in [-0.15, -0.1) is 0 Å². The highest BCUT2D eigenvalue weighted by Gasteiger charge is 2.39. The lowest BCUT2D eigenvalue weighted by Crippen LogP contribution is -2.43. The molecule has 0 aliphatic carbocycles. The van der Waals surface area contributed by atoms with Crippen LogP contribution in [-0.4, -0.2) is 59.6 Å². The molecule has 0 spiro atoms. The van der Waals surface area contributed by atoms with E-state index in [9.17, 15) is 19.2 Å². The number of rotatable bonds is 14. The van der Waals surface area contributed by atoms with Crippen molar-refractivity contribution in [1.29, 1.82) is 0 Å². The van der Waals surface area contributed by atoms with Crippen molar-refractivity contribution in [3.63, 3.8) is 0 Å². The molecular formula is C28H36N4O4. The molecule has 0 aromatic heterocycles. The zero-order valence-electron chi connectivity index (χ0n) is 20.9. The Morgan fingerprint density at radius 3 is 1.03 bits per heavy atom. The highest BCUT2D eigenvalue weighted by Crippen LogP contribution is 2.38. The lowest BCUT2D eigenvalue weighted by molar-refractivity contribution is 0.0586. The van der Waals surface area contributed by atoms with Gasteiger partial charge in [-0.2, -0.15) is 0 Å². The third kappa shape index (κ3) is 4.92. The van der Waals surface area contributed by atoms with Crippen molar-refractivity contribution >= 4 is 34.4 Å². The zero-order valence-corrected chi connectivity index (χ0v) is 20.9. The fourth-order valence-electron chi connectivity index (χ4n) is 5.27. The standard InChI is InChI=1S/C28H36N4O4/c29-15-7-3-1-5-9-17-31-25(33)19-11-13-21-24-22(14-12-20(23(19)24)26(31)34)28(36)32(27(21)35)18-10-6-2-4-8-16-30/h11-14H,1-10,15-18,29-30H2. The van der Waals surface area contributed by atoms with E-state index in [4.69, 9.17) is 11.5 Å². The van der Waals surface area contributed by atoms with E-state index in [1.807, 2.05) is 0 Å². The van der Waals surface area contributed by atoms with E-state index in [2.05, 4.69) is 0 Å². The van der Waals surface area contributed by atoms with Crippen LogP contribution in [0.3, 0.4) is 0 Å². The van der Waals surface area contributed by atoms with E-state index >= 15 is 0 Å². The maximum absolute atomic E-state index is 13.3. The van der Waals surface area contributed by atoms with Crippen LogP contribution in [-0.2, 0) is 0 Å². The maximum Gasteiger partial charge on any atom is 0.261 e. The molecule has 0 saturated carbocycles. The second-order valence-electron chi connectivity index (χ2n) is 9.71. The molecule has 0 unspecified atom stereocenters. The van der Waals surface area contributed by atoms with Gasteiger partial charge in [0.1, 0.15) is 0 Å². The Kier molecular flexibility index (Phi) is 8.48. The van der Waals surface area contributed by atoms with Gasteiger partial charge >= 0.3 is 0 Å². The number of imide groups is 2. The molecule has 0 fully saturated rings. The van der Waals surface area contributed by atoms with Crippen LogP contribution < -0.4 is 11.5 Å². The Morgan fingerprint density at radius 2 is 0.722 bits per heavy atom. The van der Waals surface area contributed by atoms with E-state index in [-0.39, 0.29) is 23.6 Å². The minimum Gasteiger partial charge on any atom is -0.330 e. The number of hydrogen-bond acceptors (Lipinski definition) is 6. The Bertz CT molecular complexity index is 1010. The van der Waals surface area contributed by atoms with Crippen molar-refractivity contribution in [3.05, 3.63) is 46.5 Å². The van der Waals surface area contributed by atoms with Crippen molar-refractivity contribution in [3.8, 4) is 0 Å². The predicted octanol–water partition coefficient (Wildman–Crippen LogP) is 3.85. The Hall–Kier alpha value is -3.10.